The maximum atomic E-state index is 12.8. The van der Waals surface area contributed by atoms with Gasteiger partial charge in [-0.1, -0.05) is 19.9 Å². The quantitative estimate of drug-likeness (QED) is 0.920. The van der Waals surface area contributed by atoms with Gasteiger partial charge in [-0.05, 0) is 61.0 Å². The van der Waals surface area contributed by atoms with Gasteiger partial charge in [0, 0.05) is 13.1 Å². The maximum absolute atomic E-state index is 12.8. The van der Waals surface area contributed by atoms with Gasteiger partial charge in [-0.3, -0.25) is 0 Å². The van der Waals surface area contributed by atoms with Crippen molar-refractivity contribution in [2.75, 3.05) is 26.2 Å². The summed E-state index contributed by atoms with van der Waals surface area (Å²) in [5.74, 6) is 0.973. The summed E-state index contributed by atoms with van der Waals surface area (Å²) in [5, 5.41) is 3.35. The Balaban J connectivity index is 1.88. The van der Waals surface area contributed by atoms with Crippen molar-refractivity contribution < 1.29 is 8.42 Å². The molecule has 0 bridgehead atoms. The number of nitrogens with zero attached hydrogens (tertiary/aromatic N) is 1. The minimum Gasteiger partial charge on any atom is -0.316 e. The van der Waals surface area contributed by atoms with E-state index in [1.807, 2.05) is 12.1 Å². The zero-order chi connectivity index (χ0) is 15.0. The van der Waals surface area contributed by atoms with Gasteiger partial charge in [-0.25, -0.2) is 8.42 Å². The molecular weight excluding hydrogens is 284 g/mol. The minimum absolute atomic E-state index is 0.462. The van der Waals surface area contributed by atoms with Crippen LogP contribution < -0.4 is 5.32 Å². The predicted octanol–water partition coefficient (Wildman–Crippen LogP) is 1.65. The van der Waals surface area contributed by atoms with E-state index in [9.17, 15) is 8.42 Å². The number of rotatable bonds is 4. The molecule has 3 rings (SSSR count). The molecular formula is C16H24N2O2S. The van der Waals surface area contributed by atoms with E-state index < -0.39 is 10.0 Å². The standard InChI is InChI=1S/C16H24N2O2S/c1-3-12-5-6-16(7-13(12)4-2)21(19,20)18-10-14-8-17-9-15(14)11-18/h5-7,14-15,17H,3-4,8-11H2,1-2H3/t14-,15+. The van der Waals surface area contributed by atoms with E-state index in [4.69, 9.17) is 0 Å². The minimum atomic E-state index is -3.33. The Morgan fingerprint density at radius 2 is 1.71 bits per heavy atom. The first kappa shape index (κ1) is 15.0. The van der Waals surface area contributed by atoms with Crippen LogP contribution in [-0.2, 0) is 22.9 Å². The summed E-state index contributed by atoms with van der Waals surface area (Å²) in [7, 11) is -3.33. The van der Waals surface area contributed by atoms with Gasteiger partial charge in [0.05, 0.1) is 4.90 Å². The highest BCUT2D eigenvalue weighted by molar-refractivity contribution is 7.89. The lowest BCUT2D eigenvalue weighted by Crippen LogP contribution is -2.32. The Labute approximate surface area is 127 Å². The normalized spacial score (nSPS) is 26.2. The molecule has 1 aromatic rings. The van der Waals surface area contributed by atoms with Gasteiger partial charge >= 0.3 is 0 Å². The first-order valence-electron chi connectivity index (χ1n) is 7.89. The summed E-state index contributed by atoms with van der Waals surface area (Å²) in [4.78, 5) is 0.462. The second-order valence-electron chi connectivity index (χ2n) is 6.14. The van der Waals surface area contributed by atoms with Crippen LogP contribution >= 0.6 is 0 Å². The molecule has 0 unspecified atom stereocenters. The number of nitrogens with one attached hydrogen (secondary N) is 1. The fourth-order valence-corrected chi connectivity index (χ4v) is 5.20. The Kier molecular flexibility index (Phi) is 4.08. The smallest absolute Gasteiger partial charge is 0.243 e. The van der Waals surface area contributed by atoms with Crippen molar-refractivity contribution in [3.63, 3.8) is 0 Å². The van der Waals surface area contributed by atoms with Crippen molar-refractivity contribution >= 4 is 10.0 Å². The van der Waals surface area contributed by atoms with Gasteiger partial charge < -0.3 is 5.32 Å². The number of benzene rings is 1. The molecule has 0 radical (unpaired) electrons. The van der Waals surface area contributed by atoms with E-state index in [-0.39, 0.29) is 0 Å². The van der Waals surface area contributed by atoms with Crippen molar-refractivity contribution in [3.8, 4) is 0 Å². The van der Waals surface area contributed by atoms with Crippen molar-refractivity contribution in [2.24, 2.45) is 11.8 Å². The first-order chi connectivity index (χ1) is 10.1. The average molecular weight is 308 g/mol. The van der Waals surface area contributed by atoms with Crippen LogP contribution in [0.3, 0.4) is 0 Å². The summed E-state index contributed by atoms with van der Waals surface area (Å²) < 4.78 is 27.4. The molecule has 0 aliphatic carbocycles. The van der Waals surface area contributed by atoms with Gasteiger partial charge in [0.25, 0.3) is 0 Å². The lowest BCUT2D eigenvalue weighted by molar-refractivity contribution is 0.448. The molecule has 4 nitrogen and oxygen atoms in total. The van der Waals surface area contributed by atoms with Crippen LogP contribution in [0, 0.1) is 11.8 Å². The Morgan fingerprint density at radius 1 is 1.10 bits per heavy atom. The Hall–Kier alpha value is -0.910. The van der Waals surface area contributed by atoms with Crippen molar-refractivity contribution in [3.05, 3.63) is 29.3 Å². The SMILES string of the molecule is CCc1ccc(S(=O)(=O)N2C[C@H]3CNC[C@H]3C2)cc1CC. The lowest BCUT2D eigenvalue weighted by atomic mass is 10.0. The van der Waals surface area contributed by atoms with Gasteiger partial charge in [0.2, 0.25) is 10.0 Å². The molecule has 21 heavy (non-hydrogen) atoms. The highest BCUT2D eigenvalue weighted by Crippen LogP contribution is 2.31. The van der Waals surface area contributed by atoms with Crippen LogP contribution in [0.2, 0.25) is 0 Å². The van der Waals surface area contributed by atoms with Crippen molar-refractivity contribution in [2.45, 2.75) is 31.6 Å². The van der Waals surface area contributed by atoms with Crippen molar-refractivity contribution in [1.82, 2.24) is 9.62 Å². The fraction of sp³-hybridized carbons (Fsp3) is 0.625. The molecule has 0 amide bonds. The molecule has 0 spiro atoms. The second-order valence-corrected chi connectivity index (χ2v) is 8.08. The molecule has 0 aromatic heterocycles. The van der Waals surface area contributed by atoms with Crippen molar-refractivity contribution in [1.29, 1.82) is 0 Å². The lowest BCUT2D eigenvalue weighted by Gasteiger charge is -2.18. The summed E-state index contributed by atoms with van der Waals surface area (Å²) >= 11 is 0. The largest absolute Gasteiger partial charge is 0.316 e. The summed E-state index contributed by atoms with van der Waals surface area (Å²) in [6.45, 7) is 7.42. The summed E-state index contributed by atoms with van der Waals surface area (Å²) in [6.07, 6.45) is 1.82. The molecule has 1 N–H and O–H groups in total. The molecule has 2 aliphatic rings. The third kappa shape index (κ3) is 2.62. The molecule has 116 valence electrons. The van der Waals surface area contributed by atoms with E-state index in [1.165, 1.54) is 5.56 Å². The van der Waals surface area contributed by atoms with Crippen LogP contribution in [0.15, 0.2) is 23.1 Å². The van der Waals surface area contributed by atoms with Gasteiger partial charge in [-0.15, -0.1) is 0 Å². The molecule has 2 atom stereocenters. The van der Waals surface area contributed by atoms with Crippen LogP contribution in [0.1, 0.15) is 25.0 Å². The van der Waals surface area contributed by atoms with Gasteiger partial charge in [0.1, 0.15) is 0 Å². The van der Waals surface area contributed by atoms with E-state index in [1.54, 1.807) is 10.4 Å². The van der Waals surface area contributed by atoms with Crippen LogP contribution in [0.25, 0.3) is 0 Å². The topological polar surface area (TPSA) is 49.4 Å². The maximum Gasteiger partial charge on any atom is 0.243 e. The molecule has 0 saturated carbocycles. The Bertz CT molecular complexity index is 615. The third-order valence-corrected chi connectivity index (χ3v) is 6.76. The predicted molar refractivity (Wildman–Crippen MR) is 83.8 cm³/mol. The molecule has 2 heterocycles. The van der Waals surface area contributed by atoms with E-state index in [0.717, 1.165) is 31.5 Å². The van der Waals surface area contributed by atoms with Crippen LogP contribution in [0.4, 0.5) is 0 Å². The molecule has 2 saturated heterocycles. The Morgan fingerprint density at radius 3 is 2.29 bits per heavy atom. The number of fused-ring (bicyclic) bond motifs is 1. The molecule has 1 aromatic carbocycles. The summed E-state index contributed by atoms with van der Waals surface area (Å²) in [6, 6.07) is 5.63. The third-order valence-electron chi connectivity index (χ3n) is 4.93. The van der Waals surface area contributed by atoms with Crippen LogP contribution in [0.5, 0.6) is 0 Å². The van der Waals surface area contributed by atoms with E-state index in [2.05, 4.69) is 19.2 Å². The highest BCUT2D eigenvalue weighted by atomic mass is 32.2. The number of aryl methyl sites for hydroxylation is 2. The van der Waals surface area contributed by atoms with Crippen LogP contribution in [-0.4, -0.2) is 38.9 Å². The highest BCUT2D eigenvalue weighted by Gasteiger charge is 2.41. The zero-order valence-corrected chi connectivity index (χ0v) is 13.6. The molecule has 2 aliphatic heterocycles. The first-order valence-corrected chi connectivity index (χ1v) is 9.33. The van der Waals surface area contributed by atoms with E-state index >= 15 is 0 Å². The van der Waals surface area contributed by atoms with Gasteiger partial charge in [-0.2, -0.15) is 4.31 Å². The van der Waals surface area contributed by atoms with Gasteiger partial charge in [0.15, 0.2) is 0 Å². The fourth-order valence-electron chi connectivity index (χ4n) is 3.59. The number of sulfonamides is 1. The van der Waals surface area contributed by atoms with E-state index in [0.29, 0.717) is 29.8 Å². The monoisotopic (exact) mass is 308 g/mol. The average Bonchev–Trinajstić information content (AvgIpc) is 3.07. The summed E-state index contributed by atoms with van der Waals surface area (Å²) in [5.41, 5.74) is 2.40. The second kappa shape index (κ2) is 5.71. The molecule has 2 fully saturated rings. The number of hydrogen-bond acceptors (Lipinski definition) is 3. The zero-order valence-electron chi connectivity index (χ0n) is 12.8. The number of hydrogen-bond donors (Lipinski definition) is 1. The molecule has 5 heteroatoms.